The molecule has 3 nitrogen and oxygen atoms in total. The molecule has 0 saturated heterocycles. The Morgan fingerprint density at radius 2 is 0.900 bits per heavy atom. The maximum absolute atomic E-state index is 14.7. The van der Waals surface area contributed by atoms with Crippen LogP contribution in [0.25, 0.3) is 0 Å². The van der Waals surface area contributed by atoms with E-state index >= 15 is 0 Å². The second-order valence-electron chi connectivity index (χ2n) is 17.4. The van der Waals surface area contributed by atoms with E-state index in [-0.39, 0.29) is 17.2 Å². The molecule has 284 valence electrons. The van der Waals surface area contributed by atoms with Gasteiger partial charge < -0.3 is 0 Å². The van der Waals surface area contributed by atoms with E-state index in [2.05, 4.69) is 93.4 Å². The molecule has 0 N–H and O–H groups in total. The molecule has 2 saturated carbocycles. The van der Waals surface area contributed by atoms with Crippen LogP contribution in [-0.4, -0.2) is 53.3 Å². The molecule has 0 bridgehead atoms. The van der Waals surface area contributed by atoms with Crippen molar-refractivity contribution in [3.8, 4) is 0 Å². The van der Waals surface area contributed by atoms with Crippen molar-refractivity contribution < 1.29 is 9.53 Å². The Morgan fingerprint density at radius 1 is 0.600 bits per heavy atom. The second-order valence-corrected chi connectivity index (χ2v) is 47.9. The maximum atomic E-state index is 14.7. The summed E-state index contributed by atoms with van der Waals surface area (Å²) in [5.74, 6) is 0. The first-order valence-electron chi connectivity index (χ1n) is 21.2. The third kappa shape index (κ3) is 10.1. The molecule has 1 amide bonds. The van der Waals surface area contributed by atoms with Crippen molar-refractivity contribution in [1.82, 2.24) is 4.90 Å². The Bertz CT molecular complexity index is 1190. The van der Waals surface area contributed by atoms with Crippen molar-refractivity contribution in [3.63, 3.8) is 0 Å². The summed E-state index contributed by atoms with van der Waals surface area (Å²) >= 11 is -0.850. The number of thiophene rings is 2. The minimum atomic E-state index is -2.58. The Kier molecular flexibility index (Phi) is 16.5. The van der Waals surface area contributed by atoms with E-state index in [1.807, 2.05) is 20.8 Å². The molecule has 2 aliphatic rings. The van der Waals surface area contributed by atoms with Gasteiger partial charge in [0.2, 0.25) is 0 Å². The van der Waals surface area contributed by atoms with Gasteiger partial charge in [-0.25, -0.2) is 0 Å². The van der Waals surface area contributed by atoms with Gasteiger partial charge in [0.15, 0.2) is 0 Å². The summed E-state index contributed by atoms with van der Waals surface area (Å²) in [7, 11) is 0. The molecule has 4 rings (SSSR count). The van der Waals surface area contributed by atoms with E-state index in [1.54, 1.807) is 5.79 Å². The number of hydrogen-bond acceptors (Lipinski definition) is 4. The van der Waals surface area contributed by atoms with Crippen molar-refractivity contribution >= 4 is 71.3 Å². The van der Waals surface area contributed by atoms with E-state index in [9.17, 15) is 4.79 Å². The van der Waals surface area contributed by atoms with Crippen LogP contribution in [0.4, 0.5) is 4.79 Å². The molecule has 2 heterocycles. The quantitative estimate of drug-likeness (QED) is 0.0982. The van der Waals surface area contributed by atoms with Crippen LogP contribution >= 0.6 is 22.7 Å². The number of rotatable bonds is 24. The fourth-order valence-electron chi connectivity index (χ4n) is 8.79. The van der Waals surface area contributed by atoms with E-state index in [0.29, 0.717) is 0 Å². The number of amides is 1. The van der Waals surface area contributed by atoms with Crippen LogP contribution in [0.3, 0.4) is 0 Å². The molecular formula is C43H75NO2S2Sn2. The number of carbonyl (C=O) groups excluding carboxylic acids is 1. The van der Waals surface area contributed by atoms with Gasteiger partial charge in [0, 0.05) is 0 Å². The molecule has 7 heteroatoms. The summed E-state index contributed by atoms with van der Waals surface area (Å²) in [6.07, 6.45) is 20.3. The average molecular weight is 940 g/mol. The van der Waals surface area contributed by atoms with Crippen LogP contribution < -0.4 is 5.79 Å². The second kappa shape index (κ2) is 19.2. The van der Waals surface area contributed by atoms with E-state index < -0.39 is 42.4 Å². The monoisotopic (exact) mass is 941 g/mol. The van der Waals surface area contributed by atoms with Crippen molar-refractivity contribution in [3.05, 3.63) is 34.0 Å². The van der Waals surface area contributed by atoms with E-state index in [4.69, 9.17) is 4.74 Å². The molecule has 50 heavy (non-hydrogen) atoms. The predicted molar refractivity (Wildman–Crippen MR) is 228 cm³/mol. The van der Waals surface area contributed by atoms with Gasteiger partial charge in [-0.3, -0.25) is 0 Å². The molecule has 2 fully saturated rings. The number of ether oxygens (including phenoxy) is 1. The van der Waals surface area contributed by atoms with E-state index in [1.165, 1.54) is 113 Å². The van der Waals surface area contributed by atoms with Gasteiger partial charge in [-0.15, -0.1) is 0 Å². The summed E-state index contributed by atoms with van der Waals surface area (Å²) < 4.78 is 19.0. The van der Waals surface area contributed by atoms with Crippen LogP contribution in [0.15, 0.2) is 24.3 Å². The zero-order valence-electron chi connectivity index (χ0n) is 33.9. The molecule has 2 aromatic heterocycles. The Hall–Kier alpha value is 0.267. The van der Waals surface area contributed by atoms with Gasteiger partial charge in [0.25, 0.3) is 0 Å². The zero-order valence-corrected chi connectivity index (χ0v) is 41.3. The van der Waals surface area contributed by atoms with Crippen LogP contribution in [0.5, 0.6) is 0 Å². The van der Waals surface area contributed by atoms with Gasteiger partial charge in [-0.05, 0) is 0 Å². The Balaban J connectivity index is 1.78. The molecule has 0 spiro atoms. The topological polar surface area (TPSA) is 29.5 Å². The molecule has 0 radical (unpaired) electrons. The number of hydrogen-bond donors (Lipinski definition) is 0. The van der Waals surface area contributed by atoms with Crippen LogP contribution in [0.1, 0.15) is 175 Å². The molecule has 0 aromatic carbocycles. The van der Waals surface area contributed by atoms with Crippen LogP contribution in [0, 0.1) is 0 Å². The first-order valence-corrected chi connectivity index (χ1v) is 37.8. The first-order chi connectivity index (χ1) is 23.9. The van der Waals surface area contributed by atoms with Gasteiger partial charge in [0.1, 0.15) is 0 Å². The molecule has 0 atom stereocenters. The predicted octanol–water partition coefficient (Wildman–Crippen LogP) is 13.8. The number of nitrogens with zero attached hydrogens (tertiary/aromatic N) is 1. The summed E-state index contributed by atoms with van der Waals surface area (Å²) in [5, 5.41) is 0. The Morgan fingerprint density at radius 3 is 1.14 bits per heavy atom. The minimum absolute atomic E-state index is 0.0761. The van der Waals surface area contributed by atoms with Crippen LogP contribution in [0.2, 0.25) is 26.6 Å². The summed E-state index contributed by atoms with van der Waals surface area (Å²) in [5.41, 5.74) is -0.936. The summed E-state index contributed by atoms with van der Waals surface area (Å²) in [6.45, 7) is 20.4. The average Bonchev–Trinajstić information content (AvgIpc) is 3.93. The SMILES string of the molecule is CCC[CH2][Sn]([CH2]CCC)([CH2]CCC)[c]1ccc(C2(N(C(=O)OC(C)(C)C)C3(c4cc[c]([Sn]([CH2]CCC)([CH2]CCC)[CH2]CCC)s4)CC3)CC2)s1. The molecular weight excluding hydrogens is 864 g/mol. The normalized spacial score (nSPS) is 16.8. The fraction of sp³-hybridized carbons (Fsp3) is 0.791. The zero-order chi connectivity index (χ0) is 36.5. The molecule has 0 aliphatic heterocycles. The van der Waals surface area contributed by atoms with Gasteiger partial charge in [-0.2, -0.15) is 0 Å². The Labute approximate surface area is 325 Å². The van der Waals surface area contributed by atoms with E-state index in [0.717, 1.165) is 25.7 Å². The van der Waals surface area contributed by atoms with Gasteiger partial charge in [0.05, 0.1) is 0 Å². The van der Waals surface area contributed by atoms with Crippen molar-refractivity contribution in [2.24, 2.45) is 0 Å². The standard InChI is InChI=1S/C19H21NO2S2.6C4H9.2Sn/c1-17(2,3)22-16(21)20(18(8-9-18)14-6-4-12-23-14)19(10-11-19)15-7-5-13-24-15;6*1-3-4-2;;/h4-7H,8-11H2,1-3H3;6*1,3-4H2,2H3;;. The molecule has 0 unspecified atom stereocenters. The van der Waals surface area contributed by atoms with Crippen molar-refractivity contribution in [1.29, 1.82) is 0 Å². The number of carbonyl (C=O) groups is 1. The van der Waals surface area contributed by atoms with Gasteiger partial charge >= 0.3 is 328 Å². The van der Waals surface area contributed by atoms with Gasteiger partial charge in [-0.1, -0.05) is 0 Å². The summed E-state index contributed by atoms with van der Waals surface area (Å²) in [4.78, 5) is 20.0. The fourth-order valence-corrected chi connectivity index (χ4v) is 49.5. The van der Waals surface area contributed by atoms with Crippen molar-refractivity contribution in [2.45, 2.75) is 208 Å². The first kappa shape index (κ1) is 43.0. The number of unbranched alkanes of at least 4 members (excludes halogenated alkanes) is 6. The third-order valence-electron chi connectivity index (χ3n) is 12.1. The van der Waals surface area contributed by atoms with Crippen LogP contribution in [-0.2, 0) is 15.8 Å². The molecule has 2 aromatic rings. The third-order valence-corrected chi connectivity index (χ3v) is 51.2. The molecule has 2 aliphatic carbocycles. The summed E-state index contributed by atoms with van der Waals surface area (Å²) in [6, 6.07) is 10.2. The van der Waals surface area contributed by atoms with Crippen molar-refractivity contribution in [2.75, 3.05) is 0 Å².